The lowest BCUT2D eigenvalue weighted by atomic mass is 9.95. The van der Waals surface area contributed by atoms with Crippen LogP contribution in [0.1, 0.15) is 26.2 Å². The molecule has 4 nitrogen and oxygen atoms in total. The summed E-state index contributed by atoms with van der Waals surface area (Å²) in [5.41, 5.74) is 7.55. The quantitative estimate of drug-likeness (QED) is 0.864. The minimum absolute atomic E-state index is 0.290. The van der Waals surface area contributed by atoms with Crippen molar-refractivity contribution in [3.8, 4) is 0 Å². The maximum atomic E-state index is 11.5. The van der Waals surface area contributed by atoms with Crippen LogP contribution < -0.4 is 10.6 Å². The third-order valence-corrected chi connectivity index (χ3v) is 4.97. The molecule has 1 unspecified atom stereocenters. The van der Waals surface area contributed by atoms with Gasteiger partial charge in [0.05, 0.1) is 16.3 Å². The first-order valence-corrected chi connectivity index (χ1v) is 8.65. The Kier molecular flexibility index (Phi) is 4.04. The van der Waals surface area contributed by atoms with Gasteiger partial charge in [0.2, 0.25) is 0 Å². The van der Waals surface area contributed by atoms with Crippen LogP contribution in [0.15, 0.2) is 23.1 Å². The van der Waals surface area contributed by atoms with Crippen molar-refractivity contribution in [2.75, 3.05) is 30.0 Å². The van der Waals surface area contributed by atoms with Gasteiger partial charge in [-0.2, -0.15) is 0 Å². The fraction of sp³-hybridized carbons (Fsp3) is 0.571. The van der Waals surface area contributed by atoms with Gasteiger partial charge in [-0.25, -0.2) is 8.42 Å². The van der Waals surface area contributed by atoms with Gasteiger partial charge >= 0.3 is 0 Å². The Bertz CT molecular complexity index is 555. The highest BCUT2D eigenvalue weighted by Crippen LogP contribution is 2.30. The molecule has 0 bridgehead atoms. The van der Waals surface area contributed by atoms with Gasteiger partial charge in [0.25, 0.3) is 0 Å². The molecule has 2 rings (SSSR count). The predicted molar refractivity (Wildman–Crippen MR) is 79.2 cm³/mol. The first kappa shape index (κ1) is 14.2. The van der Waals surface area contributed by atoms with E-state index in [4.69, 9.17) is 5.73 Å². The smallest absolute Gasteiger partial charge is 0.175 e. The van der Waals surface area contributed by atoms with E-state index in [1.165, 1.54) is 25.5 Å². The van der Waals surface area contributed by atoms with Crippen molar-refractivity contribution in [3.63, 3.8) is 0 Å². The SMILES string of the molecule is CCC1CCCN(c2ccc(S(C)(=O)=O)cc2N)C1. The summed E-state index contributed by atoms with van der Waals surface area (Å²) in [5, 5.41) is 0. The second-order valence-corrected chi connectivity index (χ2v) is 7.37. The summed E-state index contributed by atoms with van der Waals surface area (Å²) in [5.74, 6) is 0.711. The Hall–Kier alpha value is -1.23. The van der Waals surface area contributed by atoms with Crippen LogP contribution >= 0.6 is 0 Å². The van der Waals surface area contributed by atoms with Crippen molar-refractivity contribution in [1.82, 2.24) is 0 Å². The van der Waals surface area contributed by atoms with Crippen molar-refractivity contribution in [2.45, 2.75) is 31.1 Å². The van der Waals surface area contributed by atoms with Gasteiger partial charge in [0.15, 0.2) is 9.84 Å². The number of anilines is 2. The molecule has 0 spiro atoms. The summed E-state index contributed by atoms with van der Waals surface area (Å²) in [6, 6.07) is 5.06. The molecular weight excluding hydrogens is 260 g/mol. The van der Waals surface area contributed by atoms with E-state index in [2.05, 4.69) is 11.8 Å². The van der Waals surface area contributed by atoms with Gasteiger partial charge in [0.1, 0.15) is 0 Å². The number of nitrogen functional groups attached to an aromatic ring is 1. The number of hydrogen-bond acceptors (Lipinski definition) is 4. The third-order valence-electron chi connectivity index (χ3n) is 3.86. The summed E-state index contributed by atoms with van der Waals surface area (Å²) < 4.78 is 23.0. The van der Waals surface area contributed by atoms with E-state index in [9.17, 15) is 8.42 Å². The van der Waals surface area contributed by atoms with Crippen LogP contribution in [-0.2, 0) is 9.84 Å². The summed E-state index contributed by atoms with van der Waals surface area (Å²) >= 11 is 0. The lowest BCUT2D eigenvalue weighted by Crippen LogP contribution is -2.35. The Morgan fingerprint density at radius 1 is 1.42 bits per heavy atom. The minimum Gasteiger partial charge on any atom is -0.397 e. The van der Waals surface area contributed by atoms with Crippen molar-refractivity contribution in [2.24, 2.45) is 5.92 Å². The van der Waals surface area contributed by atoms with Crippen molar-refractivity contribution >= 4 is 21.2 Å². The molecule has 106 valence electrons. The van der Waals surface area contributed by atoms with E-state index in [1.54, 1.807) is 12.1 Å². The molecule has 1 heterocycles. The van der Waals surface area contributed by atoms with Crippen molar-refractivity contribution in [3.05, 3.63) is 18.2 Å². The van der Waals surface area contributed by atoms with Crippen LogP contribution in [0.4, 0.5) is 11.4 Å². The molecule has 5 heteroatoms. The van der Waals surface area contributed by atoms with Crippen LogP contribution in [0.25, 0.3) is 0 Å². The molecule has 1 aliphatic heterocycles. The number of nitrogens with two attached hydrogens (primary N) is 1. The predicted octanol–water partition coefficient (Wildman–Crippen LogP) is 2.30. The molecule has 19 heavy (non-hydrogen) atoms. The molecule has 1 fully saturated rings. The van der Waals surface area contributed by atoms with Crippen LogP contribution in [0.2, 0.25) is 0 Å². The first-order valence-electron chi connectivity index (χ1n) is 6.76. The molecule has 0 amide bonds. The maximum Gasteiger partial charge on any atom is 0.175 e. The monoisotopic (exact) mass is 282 g/mol. The topological polar surface area (TPSA) is 63.4 Å². The lowest BCUT2D eigenvalue weighted by molar-refractivity contribution is 0.405. The number of nitrogens with zero attached hydrogens (tertiary/aromatic N) is 1. The molecular formula is C14H22N2O2S. The molecule has 2 N–H and O–H groups in total. The molecule has 1 aromatic rings. The fourth-order valence-electron chi connectivity index (χ4n) is 2.67. The fourth-order valence-corrected chi connectivity index (χ4v) is 3.32. The number of rotatable bonds is 3. The molecule has 0 aliphatic carbocycles. The standard InChI is InChI=1S/C14H22N2O2S/c1-3-11-5-4-8-16(10-11)14-7-6-12(9-13(14)15)19(2,17)18/h6-7,9,11H,3-5,8,10,15H2,1-2H3. The van der Waals surface area contributed by atoms with Gasteiger partial charge in [-0.1, -0.05) is 13.3 Å². The molecule has 1 aliphatic rings. The van der Waals surface area contributed by atoms with Gasteiger partial charge < -0.3 is 10.6 Å². The Labute approximate surface area is 115 Å². The highest BCUT2D eigenvalue weighted by Gasteiger charge is 2.20. The summed E-state index contributed by atoms with van der Waals surface area (Å²) in [4.78, 5) is 2.57. The van der Waals surface area contributed by atoms with E-state index in [0.29, 0.717) is 11.6 Å². The third kappa shape index (κ3) is 3.21. The lowest BCUT2D eigenvalue weighted by Gasteiger charge is -2.34. The average Bonchev–Trinajstić information content (AvgIpc) is 2.37. The van der Waals surface area contributed by atoms with Gasteiger partial charge in [-0.15, -0.1) is 0 Å². The van der Waals surface area contributed by atoms with E-state index in [1.807, 2.05) is 6.07 Å². The zero-order valence-corrected chi connectivity index (χ0v) is 12.4. The molecule has 0 radical (unpaired) electrons. The molecule has 0 saturated carbocycles. The summed E-state index contributed by atoms with van der Waals surface area (Å²) in [6.07, 6.45) is 4.83. The van der Waals surface area contributed by atoms with Crippen LogP contribution in [0, 0.1) is 5.92 Å². The van der Waals surface area contributed by atoms with Crippen LogP contribution in [-0.4, -0.2) is 27.8 Å². The molecule has 0 aromatic heterocycles. The van der Waals surface area contributed by atoms with Crippen molar-refractivity contribution < 1.29 is 8.42 Å². The number of sulfone groups is 1. The number of benzene rings is 1. The maximum absolute atomic E-state index is 11.5. The van der Waals surface area contributed by atoms with Gasteiger partial charge in [-0.3, -0.25) is 0 Å². The Morgan fingerprint density at radius 3 is 2.74 bits per heavy atom. The van der Waals surface area contributed by atoms with E-state index >= 15 is 0 Å². The second kappa shape index (κ2) is 5.41. The van der Waals surface area contributed by atoms with E-state index < -0.39 is 9.84 Å². The molecule has 1 atom stereocenters. The summed E-state index contributed by atoms with van der Waals surface area (Å²) in [7, 11) is -3.19. The minimum atomic E-state index is -3.19. The Morgan fingerprint density at radius 2 is 2.16 bits per heavy atom. The van der Waals surface area contributed by atoms with E-state index in [-0.39, 0.29) is 4.90 Å². The molecule has 1 aromatic carbocycles. The zero-order chi connectivity index (χ0) is 14.0. The zero-order valence-electron chi connectivity index (χ0n) is 11.6. The highest BCUT2D eigenvalue weighted by molar-refractivity contribution is 7.90. The Balaban J connectivity index is 2.26. The molecule has 1 saturated heterocycles. The van der Waals surface area contributed by atoms with Gasteiger partial charge in [0, 0.05) is 19.3 Å². The van der Waals surface area contributed by atoms with Gasteiger partial charge in [-0.05, 0) is 37.0 Å². The normalized spacial score (nSPS) is 20.5. The van der Waals surface area contributed by atoms with Crippen LogP contribution in [0.5, 0.6) is 0 Å². The first-order chi connectivity index (χ1) is 8.91. The number of piperidine rings is 1. The summed E-state index contributed by atoms with van der Waals surface area (Å²) in [6.45, 7) is 4.22. The van der Waals surface area contributed by atoms with E-state index in [0.717, 1.165) is 18.8 Å². The second-order valence-electron chi connectivity index (χ2n) is 5.36. The highest BCUT2D eigenvalue weighted by atomic mass is 32.2. The van der Waals surface area contributed by atoms with Crippen molar-refractivity contribution in [1.29, 1.82) is 0 Å². The largest absolute Gasteiger partial charge is 0.397 e. The average molecular weight is 282 g/mol. The van der Waals surface area contributed by atoms with Crippen LogP contribution in [0.3, 0.4) is 0 Å². The number of hydrogen-bond donors (Lipinski definition) is 1.